The van der Waals surface area contributed by atoms with Gasteiger partial charge in [-0.25, -0.2) is 9.97 Å². The number of aromatic nitrogens is 2. The minimum atomic E-state index is -0.176. The monoisotopic (exact) mass is 484 g/mol. The van der Waals surface area contributed by atoms with Gasteiger partial charge >= 0.3 is 0 Å². The molecule has 2 aromatic heterocycles. The second kappa shape index (κ2) is 8.93. The van der Waals surface area contributed by atoms with E-state index in [0.29, 0.717) is 22.4 Å². The lowest BCUT2D eigenvalue weighted by atomic mass is 9.95. The summed E-state index contributed by atoms with van der Waals surface area (Å²) in [4.78, 5) is 12.1. The average Bonchev–Trinajstić information content (AvgIpc) is 3.02. The maximum atomic E-state index is 6.40. The third-order valence-corrected chi connectivity index (χ3v) is 8.59. The summed E-state index contributed by atoms with van der Waals surface area (Å²) in [6.07, 6.45) is 1.96. The topological polar surface area (TPSA) is 35.0 Å². The van der Waals surface area contributed by atoms with E-state index in [-0.39, 0.29) is 5.60 Å². The molecular formula is C21H22Cl2N2OS3. The molecule has 154 valence electrons. The molecule has 1 aliphatic heterocycles. The number of hydrogen-bond acceptors (Lipinski definition) is 6. The lowest BCUT2D eigenvalue weighted by Gasteiger charge is -2.30. The van der Waals surface area contributed by atoms with Crippen LogP contribution in [0.2, 0.25) is 10.0 Å². The Morgan fingerprint density at radius 1 is 1.17 bits per heavy atom. The second-order valence-electron chi connectivity index (χ2n) is 7.56. The molecule has 0 saturated carbocycles. The van der Waals surface area contributed by atoms with Crippen LogP contribution in [-0.2, 0) is 23.5 Å². The Morgan fingerprint density at radius 2 is 1.93 bits per heavy atom. The molecule has 29 heavy (non-hydrogen) atoms. The molecule has 3 nitrogen and oxygen atoms in total. The fraction of sp³-hybridized carbons (Fsp3) is 0.429. The van der Waals surface area contributed by atoms with Gasteiger partial charge in [-0.05, 0) is 43.5 Å². The Bertz CT molecular complexity index is 1030. The lowest BCUT2D eigenvalue weighted by Crippen LogP contribution is -2.31. The van der Waals surface area contributed by atoms with E-state index in [2.05, 4.69) is 20.8 Å². The normalized spacial score (nSPS) is 15.6. The Hall–Kier alpha value is -0.500. The van der Waals surface area contributed by atoms with Crippen LogP contribution in [0, 0.1) is 0 Å². The zero-order valence-electron chi connectivity index (χ0n) is 16.6. The minimum absolute atomic E-state index is 0.176. The standard InChI is InChI=1S/C21H22Cl2N2OS3/c1-4-8-27-20-24-18(28-11-13-14(22)6-5-7-15(13)23)17-12-9-21(2,3)26-10-16(12)29-19(17)25-20/h5-7H,4,8-11H2,1-3H3. The highest BCUT2D eigenvalue weighted by Crippen LogP contribution is 2.43. The molecule has 1 aromatic carbocycles. The van der Waals surface area contributed by atoms with Gasteiger partial charge in [-0.3, -0.25) is 0 Å². The number of nitrogens with zero attached hydrogens (tertiary/aromatic N) is 2. The fourth-order valence-corrected chi connectivity index (χ4v) is 7.04. The molecule has 3 aromatic rings. The number of thiophene rings is 1. The predicted octanol–water partition coefficient (Wildman–Crippen LogP) is 7.64. The van der Waals surface area contributed by atoms with Crippen molar-refractivity contribution >= 4 is 68.3 Å². The van der Waals surface area contributed by atoms with Crippen molar-refractivity contribution in [1.29, 1.82) is 0 Å². The summed E-state index contributed by atoms with van der Waals surface area (Å²) in [6.45, 7) is 7.09. The maximum absolute atomic E-state index is 6.40. The van der Waals surface area contributed by atoms with Crippen LogP contribution >= 0.6 is 58.1 Å². The van der Waals surface area contributed by atoms with Crippen molar-refractivity contribution in [2.75, 3.05) is 5.75 Å². The van der Waals surface area contributed by atoms with Crippen LogP contribution in [0.3, 0.4) is 0 Å². The van der Waals surface area contributed by atoms with E-state index in [0.717, 1.165) is 39.2 Å². The smallest absolute Gasteiger partial charge is 0.190 e. The van der Waals surface area contributed by atoms with Gasteiger partial charge in [-0.15, -0.1) is 23.1 Å². The van der Waals surface area contributed by atoms with Crippen molar-refractivity contribution < 1.29 is 4.74 Å². The molecule has 0 spiro atoms. The SMILES string of the molecule is CCCSc1nc(SCc2c(Cl)cccc2Cl)c2c3c(sc2n1)COC(C)(C)C3. The molecule has 0 amide bonds. The van der Waals surface area contributed by atoms with E-state index in [9.17, 15) is 0 Å². The van der Waals surface area contributed by atoms with Crippen LogP contribution < -0.4 is 0 Å². The van der Waals surface area contributed by atoms with Crippen LogP contribution in [0.5, 0.6) is 0 Å². The van der Waals surface area contributed by atoms with Crippen LogP contribution in [-0.4, -0.2) is 21.3 Å². The Kier molecular flexibility index (Phi) is 6.69. The highest BCUT2D eigenvalue weighted by atomic mass is 35.5. The molecule has 0 saturated heterocycles. The molecule has 0 unspecified atom stereocenters. The maximum Gasteiger partial charge on any atom is 0.190 e. The minimum Gasteiger partial charge on any atom is -0.370 e. The first-order valence-corrected chi connectivity index (χ1v) is 13.1. The van der Waals surface area contributed by atoms with Crippen molar-refractivity contribution in [1.82, 2.24) is 9.97 Å². The van der Waals surface area contributed by atoms with Gasteiger partial charge in [0, 0.05) is 38.2 Å². The number of benzene rings is 1. The number of ether oxygens (including phenoxy) is 1. The molecular weight excluding hydrogens is 463 g/mol. The number of halogens is 2. The van der Waals surface area contributed by atoms with Gasteiger partial charge in [-0.2, -0.15) is 0 Å². The molecule has 0 fully saturated rings. The Balaban J connectivity index is 1.76. The molecule has 0 aliphatic carbocycles. The summed E-state index contributed by atoms with van der Waals surface area (Å²) in [5, 5.41) is 4.41. The Morgan fingerprint density at radius 3 is 2.66 bits per heavy atom. The van der Waals surface area contributed by atoms with Gasteiger partial charge in [-0.1, -0.05) is 48.0 Å². The largest absolute Gasteiger partial charge is 0.370 e. The summed E-state index contributed by atoms with van der Waals surface area (Å²) in [5.74, 6) is 1.68. The van der Waals surface area contributed by atoms with Crippen LogP contribution in [0.4, 0.5) is 0 Å². The predicted molar refractivity (Wildman–Crippen MR) is 127 cm³/mol. The third kappa shape index (κ3) is 4.73. The van der Waals surface area contributed by atoms with Gasteiger partial charge < -0.3 is 4.74 Å². The summed E-state index contributed by atoms with van der Waals surface area (Å²) >= 11 is 17.9. The van der Waals surface area contributed by atoms with Crippen molar-refractivity contribution in [3.63, 3.8) is 0 Å². The third-order valence-electron chi connectivity index (χ3n) is 4.73. The first-order valence-electron chi connectivity index (χ1n) is 9.52. The zero-order valence-corrected chi connectivity index (χ0v) is 20.5. The number of rotatable bonds is 6. The van der Waals surface area contributed by atoms with Crippen molar-refractivity contribution in [2.24, 2.45) is 0 Å². The molecule has 4 rings (SSSR count). The van der Waals surface area contributed by atoms with Crippen LogP contribution in [0.25, 0.3) is 10.2 Å². The quantitative estimate of drug-likeness (QED) is 0.204. The van der Waals surface area contributed by atoms with E-state index in [1.165, 1.54) is 15.8 Å². The van der Waals surface area contributed by atoms with E-state index < -0.39 is 0 Å². The van der Waals surface area contributed by atoms with E-state index >= 15 is 0 Å². The molecule has 8 heteroatoms. The molecule has 0 bridgehead atoms. The van der Waals surface area contributed by atoms with Crippen molar-refractivity contribution in [3.8, 4) is 0 Å². The Labute approximate surface area is 193 Å². The molecule has 3 heterocycles. The molecule has 0 N–H and O–H groups in total. The number of fused-ring (bicyclic) bond motifs is 3. The van der Waals surface area contributed by atoms with E-state index in [1.54, 1.807) is 34.9 Å². The van der Waals surface area contributed by atoms with Crippen LogP contribution in [0.15, 0.2) is 28.4 Å². The van der Waals surface area contributed by atoms with Gasteiger partial charge in [0.25, 0.3) is 0 Å². The first kappa shape index (κ1) is 21.7. The highest BCUT2D eigenvalue weighted by Gasteiger charge is 2.31. The van der Waals surface area contributed by atoms with Gasteiger partial charge in [0.1, 0.15) is 9.86 Å². The molecule has 0 atom stereocenters. The molecule has 0 radical (unpaired) electrons. The van der Waals surface area contributed by atoms with Gasteiger partial charge in [0.15, 0.2) is 5.16 Å². The van der Waals surface area contributed by atoms with Gasteiger partial charge in [0.2, 0.25) is 0 Å². The summed E-state index contributed by atoms with van der Waals surface area (Å²) < 4.78 is 6.03. The van der Waals surface area contributed by atoms with E-state index in [4.69, 9.17) is 37.9 Å². The van der Waals surface area contributed by atoms with Crippen molar-refractivity contribution in [3.05, 3.63) is 44.2 Å². The number of thioether (sulfide) groups is 2. The van der Waals surface area contributed by atoms with E-state index in [1.807, 2.05) is 18.2 Å². The highest BCUT2D eigenvalue weighted by molar-refractivity contribution is 7.99. The zero-order chi connectivity index (χ0) is 20.6. The average molecular weight is 486 g/mol. The van der Waals surface area contributed by atoms with Crippen molar-refractivity contribution in [2.45, 2.75) is 61.8 Å². The van der Waals surface area contributed by atoms with Crippen LogP contribution in [0.1, 0.15) is 43.2 Å². The van der Waals surface area contributed by atoms with Gasteiger partial charge in [0.05, 0.1) is 12.2 Å². The summed E-state index contributed by atoms with van der Waals surface area (Å²) in [7, 11) is 0. The first-order chi connectivity index (χ1) is 13.9. The molecule has 1 aliphatic rings. The lowest BCUT2D eigenvalue weighted by molar-refractivity contribution is -0.0379. The fourth-order valence-electron chi connectivity index (χ4n) is 3.27. The summed E-state index contributed by atoms with van der Waals surface area (Å²) in [5.41, 5.74) is 2.11. The number of hydrogen-bond donors (Lipinski definition) is 0. The summed E-state index contributed by atoms with van der Waals surface area (Å²) in [6, 6.07) is 5.64. The second-order valence-corrected chi connectivity index (χ2v) is 11.5.